The molecule has 2 heterocycles. The molecule has 31 heavy (non-hydrogen) atoms. The van der Waals surface area contributed by atoms with Crippen LogP contribution in [0.2, 0.25) is 0 Å². The molecule has 1 saturated heterocycles. The summed E-state index contributed by atoms with van der Waals surface area (Å²) in [5.41, 5.74) is 2.20. The first-order chi connectivity index (χ1) is 15.1. The molecule has 0 saturated carbocycles. The third-order valence-electron chi connectivity index (χ3n) is 5.44. The lowest BCUT2D eigenvalue weighted by Gasteiger charge is -2.36. The van der Waals surface area contributed by atoms with Gasteiger partial charge < -0.3 is 14.2 Å². The Bertz CT molecular complexity index is 988. The van der Waals surface area contributed by atoms with Gasteiger partial charge in [0.05, 0.1) is 5.75 Å². The molecule has 0 N–H and O–H groups in total. The second-order valence-corrected chi connectivity index (χ2v) is 8.54. The molecular formula is C23H25FN4O2S. The van der Waals surface area contributed by atoms with Crippen molar-refractivity contribution in [2.45, 2.75) is 24.5 Å². The standard InChI is InChI=1S/C23H25FN4O2S/c1-17(18-5-3-2-4-6-18)15-21-25-26-23(30-21)31-16-22(29)28-13-11-27(12-14-28)20-9-7-19(24)8-10-20/h2-10,17H,11-16H2,1H3. The molecule has 1 aliphatic heterocycles. The minimum Gasteiger partial charge on any atom is -0.416 e. The number of carbonyl (C=O) groups excluding carboxylic acids is 1. The molecule has 0 radical (unpaired) electrons. The monoisotopic (exact) mass is 440 g/mol. The Hall–Kier alpha value is -2.87. The second kappa shape index (κ2) is 9.96. The minimum atomic E-state index is -0.242. The maximum atomic E-state index is 13.1. The van der Waals surface area contributed by atoms with Gasteiger partial charge in [-0.2, -0.15) is 0 Å². The van der Waals surface area contributed by atoms with Crippen molar-refractivity contribution in [1.29, 1.82) is 0 Å². The first kappa shape index (κ1) is 21.4. The van der Waals surface area contributed by atoms with Crippen molar-refractivity contribution in [1.82, 2.24) is 15.1 Å². The van der Waals surface area contributed by atoms with E-state index in [0.29, 0.717) is 30.6 Å². The van der Waals surface area contributed by atoms with E-state index in [0.717, 1.165) is 18.8 Å². The number of anilines is 1. The summed E-state index contributed by atoms with van der Waals surface area (Å²) >= 11 is 1.28. The van der Waals surface area contributed by atoms with Crippen LogP contribution in [-0.4, -0.2) is 52.9 Å². The third-order valence-corrected chi connectivity index (χ3v) is 6.24. The maximum absolute atomic E-state index is 13.1. The van der Waals surface area contributed by atoms with E-state index in [-0.39, 0.29) is 23.4 Å². The van der Waals surface area contributed by atoms with Crippen LogP contribution in [0.4, 0.5) is 10.1 Å². The molecule has 0 bridgehead atoms. The van der Waals surface area contributed by atoms with Crippen molar-refractivity contribution < 1.29 is 13.6 Å². The van der Waals surface area contributed by atoms with Gasteiger partial charge in [0.25, 0.3) is 5.22 Å². The molecule has 3 aromatic rings. The van der Waals surface area contributed by atoms with Crippen molar-refractivity contribution in [3.63, 3.8) is 0 Å². The number of hydrogen-bond donors (Lipinski definition) is 0. The molecule has 0 aliphatic carbocycles. The van der Waals surface area contributed by atoms with Crippen molar-refractivity contribution in [2.24, 2.45) is 0 Å². The Morgan fingerprint density at radius 1 is 1.06 bits per heavy atom. The smallest absolute Gasteiger partial charge is 0.277 e. The van der Waals surface area contributed by atoms with Crippen LogP contribution in [0.5, 0.6) is 0 Å². The maximum Gasteiger partial charge on any atom is 0.277 e. The van der Waals surface area contributed by atoms with Crippen LogP contribution in [0.15, 0.2) is 64.2 Å². The van der Waals surface area contributed by atoms with E-state index in [4.69, 9.17) is 4.42 Å². The van der Waals surface area contributed by atoms with Crippen LogP contribution < -0.4 is 4.90 Å². The molecule has 1 atom stereocenters. The fourth-order valence-corrected chi connectivity index (χ4v) is 4.30. The normalized spacial score (nSPS) is 15.2. The Labute approximate surface area is 185 Å². The number of thioether (sulfide) groups is 1. The number of rotatable bonds is 7. The van der Waals surface area contributed by atoms with E-state index < -0.39 is 0 Å². The molecule has 2 aromatic carbocycles. The van der Waals surface area contributed by atoms with E-state index in [1.807, 2.05) is 23.1 Å². The quantitative estimate of drug-likeness (QED) is 0.518. The molecule has 1 amide bonds. The second-order valence-electron chi connectivity index (χ2n) is 7.61. The van der Waals surface area contributed by atoms with Crippen molar-refractivity contribution >= 4 is 23.4 Å². The van der Waals surface area contributed by atoms with Crippen LogP contribution >= 0.6 is 11.8 Å². The molecule has 6 nitrogen and oxygen atoms in total. The lowest BCUT2D eigenvalue weighted by Crippen LogP contribution is -2.49. The SMILES string of the molecule is CC(Cc1nnc(SCC(=O)N2CCN(c3ccc(F)cc3)CC2)o1)c1ccccc1. The van der Waals surface area contributed by atoms with Crippen LogP contribution in [0.3, 0.4) is 0 Å². The Morgan fingerprint density at radius 3 is 2.48 bits per heavy atom. The van der Waals surface area contributed by atoms with Gasteiger partial charge in [-0.15, -0.1) is 10.2 Å². The molecule has 4 rings (SSSR count). The van der Waals surface area contributed by atoms with Crippen LogP contribution in [-0.2, 0) is 11.2 Å². The summed E-state index contributed by atoms with van der Waals surface area (Å²) in [4.78, 5) is 16.6. The van der Waals surface area contributed by atoms with Crippen molar-refractivity contribution in [3.8, 4) is 0 Å². The number of halogens is 1. The zero-order chi connectivity index (χ0) is 21.6. The highest BCUT2D eigenvalue weighted by atomic mass is 32.2. The molecular weight excluding hydrogens is 415 g/mol. The number of amides is 1. The van der Waals surface area contributed by atoms with Gasteiger partial charge in [-0.3, -0.25) is 4.79 Å². The van der Waals surface area contributed by atoms with E-state index in [2.05, 4.69) is 34.2 Å². The van der Waals surface area contributed by atoms with Gasteiger partial charge in [0.1, 0.15) is 5.82 Å². The summed E-state index contributed by atoms with van der Waals surface area (Å²) in [7, 11) is 0. The molecule has 1 unspecified atom stereocenters. The largest absolute Gasteiger partial charge is 0.416 e. The van der Waals surface area contributed by atoms with Gasteiger partial charge in [0.2, 0.25) is 11.8 Å². The average Bonchev–Trinajstić information content (AvgIpc) is 3.26. The molecule has 1 aromatic heterocycles. The molecule has 1 aliphatic rings. The highest BCUT2D eigenvalue weighted by Crippen LogP contribution is 2.23. The van der Waals surface area contributed by atoms with Gasteiger partial charge in [-0.1, -0.05) is 49.0 Å². The van der Waals surface area contributed by atoms with Crippen molar-refractivity contribution in [3.05, 3.63) is 71.9 Å². The van der Waals surface area contributed by atoms with Crippen LogP contribution in [0.1, 0.15) is 24.3 Å². The number of hydrogen-bond acceptors (Lipinski definition) is 6. The lowest BCUT2D eigenvalue weighted by atomic mass is 9.98. The number of aromatic nitrogens is 2. The summed E-state index contributed by atoms with van der Waals surface area (Å²) in [6.45, 7) is 4.86. The third kappa shape index (κ3) is 5.64. The number of carbonyl (C=O) groups is 1. The number of nitrogens with zero attached hydrogens (tertiary/aromatic N) is 4. The first-order valence-corrected chi connectivity index (χ1v) is 11.4. The molecule has 162 valence electrons. The topological polar surface area (TPSA) is 62.5 Å². The zero-order valence-corrected chi connectivity index (χ0v) is 18.2. The average molecular weight is 441 g/mol. The Kier molecular flexibility index (Phi) is 6.86. The summed E-state index contributed by atoms with van der Waals surface area (Å²) in [5, 5.41) is 8.63. The predicted octanol–water partition coefficient (Wildman–Crippen LogP) is 4.00. The van der Waals surface area contributed by atoms with E-state index >= 15 is 0 Å². The number of benzene rings is 2. The van der Waals surface area contributed by atoms with Gasteiger partial charge in [-0.05, 0) is 35.7 Å². The Balaban J connectivity index is 1.23. The summed E-state index contributed by atoms with van der Waals surface area (Å²) in [5.74, 6) is 0.944. The summed E-state index contributed by atoms with van der Waals surface area (Å²) in [6.07, 6.45) is 0.664. The van der Waals surface area contributed by atoms with Gasteiger partial charge in [0.15, 0.2) is 0 Å². The molecule has 1 fully saturated rings. The van der Waals surface area contributed by atoms with E-state index in [1.165, 1.54) is 29.5 Å². The minimum absolute atomic E-state index is 0.0566. The van der Waals surface area contributed by atoms with Gasteiger partial charge in [-0.25, -0.2) is 4.39 Å². The zero-order valence-electron chi connectivity index (χ0n) is 17.4. The predicted molar refractivity (Wildman–Crippen MR) is 119 cm³/mol. The van der Waals surface area contributed by atoms with Crippen LogP contribution in [0.25, 0.3) is 0 Å². The van der Waals surface area contributed by atoms with Gasteiger partial charge in [0, 0.05) is 38.3 Å². The van der Waals surface area contributed by atoms with E-state index in [9.17, 15) is 9.18 Å². The fraction of sp³-hybridized carbons (Fsp3) is 0.348. The molecule has 8 heteroatoms. The van der Waals surface area contributed by atoms with Crippen LogP contribution in [0, 0.1) is 5.82 Å². The summed E-state index contributed by atoms with van der Waals surface area (Å²) < 4.78 is 18.8. The first-order valence-electron chi connectivity index (χ1n) is 10.4. The highest BCUT2D eigenvalue weighted by Gasteiger charge is 2.22. The molecule has 0 spiro atoms. The van der Waals surface area contributed by atoms with Gasteiger partial charge >= 0.3 is 0 Å². The highest BCUT2D eigenvalue weighted by molar-refractivity contribution is 7.99. The Morgan fingerprint density at radius 2 is 1.77 bits per heavy atom. The van der Waals surface area contributed by atoms with Crippen molar-refractivity contribution in [2.75, 3.05) is 36.8 Å². The summed E-state index contributed by atoms with van der Waals surface area (Å²) in [6, 6.07) is 16.7. The van der Waals surface area contributed by atoms with E-state index in [1.54, 1.807) is 12.1 Å². The fourth-order valence-electron chi connectivity index (χ4n) is 3.62. The lowest BCUT2D eigenvalue weighted by molar-refractivity contribution is -0.128. The number of piperazine rings is 1.